The number of nitrogens with zero attached hydrogens (tertiary/aromatic N) is 1. The summed E-state index contributed by atoms with van der Waals surface area (Å²) in [5.41, 5.74) is 1.48. The molecule has 2 aromatic rings. The van der Waals surface area contributed by atoms with Crippen molar-refractivity contribution in [2.45, 2.75) is 6.54 Å². The summed E-state index contributed by atoms with van der Waals surface area (Å²) in [6.07, 6.45) is 0. The first-order valence-corrected chi connectivity index (χ1v) is 6.40. The quantitative estimate of drug-likeness (QED) is 0.653. The zero-order chi connectivity index (χ0) is 15.2. The van der Waals surface area contributed by atoms with E-state index in [4.69, 9.17) is 0 Å². The predicted octanol–water partition coefficient (Wildman–Crippen LogP) is 2.57. The molecule has 0 fully saturated rings. The van der Waals surface area contributed by atoms with Gasteiger partial charge in [0.25, 0.3) is 11.6 Å². The number of nitro groups is 1. The Kier molecular flexibility index (Phi) is 4.50. The van der Waals surface area contributed by atoms with E-state index in [1.54, 1.807) is 13.1 Å². The van der Waals surface area contributed by atoms with Gasteiger partial charge < -0.3 is 10.6 Å². The van der Waals surface area contributed by atoms with Gasteiger partial charge in [0.1, 0.15) is 5.69 Å². The van der Waals surface area contributed by atoms with Crippen LogP contribution in [0.1, 0.15) is 15.9 Å². The molecule has 0 spiro atoms. The van der Waals surface area contributed by atoms with Crippen molar-refractivity contribution in [1.82, 2.24) is 5.32 Å². The van der Waals surface area contributed by atoms with Crippen LogP contribution in [-0.4, -0.2) is 17.9 Å². The fraction of sp³-hybridized carbons (Fsp3) is 0.133. The third-order valence-electron chi connectivity index (χ3n) is 3.02. The van der Waals surface area contributed by atoms with Crippen LogP contribution in [0.4, 0.5) is 11.4 Å². The summed E-state index contributed by atoms with van der Waals surface area (Å²) in [7, 11) is 1.59. The van der Waals surface area contributed by atoms with Gasteiger partial charge in [-0.1, -0.05) is 30.3 Å². The Morgan fingerprint density at radius 3 is 2.52 bits per heavy atom. The van der Waals surface area contributed by atoms with Crippen LogP contribution in [-0.2, 0) is 6.54 Å². The molecule has 0 aliphatic rings. The second kappa shape index (κ2) is 6.51. The number of benzene rings is 2. The molecule has 2 N–H and O–H groups in total. The van der Waals surface area contributed by atoms with E-state index < -0.39 is 4.92 Å². The summed E-state index contributed by atoms with van der Waals surface area (Å²) in [6, 6.07) is 13.8. The minimum Gasteiger partial charge on any atom is -0.383 e. The molecule has 0 heterocycles. The van der Waals surface area contributed by atoms with Gasteiger partial charge in [0, 0.05) is 25.2 Å². The van der Waals surface area contributed by atoms with E-state index in [1.807, 2.05) is 30.3 Å². The van der Waals surface area contributed by atoms with Crippen molar-refractivity contribution in [2.75, 3.05) is 12.4 Å². The molecule has 108 valence electrons. The summed E-state index contributed by atoms with van der Waals surface area (Å²) in [4.78, 5) is 22.5. The lowest BCUT2D eigenvalue weighted by Gasteiger charge is -2.07. The van der Waals surface area contributed by atoms with Crippen LogP contribution in [0.2, 0.25) is 0 Å². The van der Waals surface area contributed by atoms with Crippen molar-refractivity contribution in [3.63, 3.8) is 0 Å². The monoisotopic (exact) mass is 285 g/mol. The molecule has 0 bridgehead atoms. The van der Waals surface area contributed by atoms with Crippen molar-refractivity contribution < 1.29 is 9.72 Å². The molecule has 0 aliphatic heterocycles. The summed E-state index contributed by atoms with van der Waals surface area (Å²) < 4.78 is 0. The maximum atomic E-state index is 12.0. The highest BCUT2D eigenvalue weighted by molar-refractivity contribution is 5.95. The summed E-state index contributed by atoms with van der Waals surface area (Å²) in [5, 5.41) is 16.4. The average Bonchev–Trinajstić information content (AvgIpc) is 2.52. The van der Waals surface area contributed by atoms with Gasteiger partial charge in [-0.15, -0.1) is 0 Å². The standard InChI is InChI=1S/C15H15N3O3/c1-16-13-8-7-12(9-14(13)18(20)21)15(19)17-10-11-5-3-2-4-6-11/h2-9,16H,10H2,1H3,(H,17,19). The molecule has 0 saturated carbocycles. The normalized spacial score (nSPS) is 9.95. The van der Waals surface area contributed by atoms with E-state index in [2.05, 4.69) is 10.6 Å². The third kappa shape index (κ3) is 3.56. The van der Waals surface area contributed by atoms with Gasteiger partial charge in [0.05, 0.1) is 4.92 Å². The molecule has 0 aromatic heterocycles. The van der Waals surface area contributed by atoms with E-state index in [1.165, 1.54) is 12.1 Å². The minimum atomic E-state index is -0.514. The van der Waals surface area contributed by atoms with Gasteiger partial charge in [-0.25, -0.2) is 0 Å². The number of carbonyl (C=O) groups excluding carboxylic acids is 1. The number of hydrogen-bond acceptors (Lipinski definition) is 4. The number of amides is 1. The van der Waals surface area contributed by atoms with Gasteiger partial charge in [-0.05, 0) is 17.7 Å². The zero-order valence-corrected chi connectivity index (χ0v) is 11.5. The van der Waals surface area contributed by atoms with Crippen LogP contribution < -0.4 is 10.6 Å². The number of anilines is 1. The van der Waals surface area contributed by atoms with Crippen LogP contribution in [0.3, 0.4) is 0 Å². The largest absolute Gasteiger partial charge is 0.383 e. The smallest absolute Gasteiger partial charge is 0.293 e. The molecule has 0 atom stereocenters. The Balaban J connectivity index is 2.12. The lowest BCUT2D eigenvalue weighted by atomic mass is 10.1. The lowest BCUT2D eigenvalue weighted by molar-refractivity contribution is -0.384. The molecule has 1 amide bonds. The molecule has 0 aliphatic carbocycles. The molecular weight excluding hydrogens is 270 g/mol. The fourth-order valence-electron chi connectivity index (χ4n) is 1.92. The number of carbonyl (C=O) groups is 1. The van der Waals surface area contributed by atoms with Crippen molar-refractivity contribution in [3.8, 4) is 0 Å². The van der Waals surface area contributed by atoms with Crippen molar-refractivity contribution >= 4 is 17.3 Å². The average molecular weight is 285 g/mol. The Morgan fingerprint density at radius 2 is 1.90 bits per heavy atom. The molecular formula is C15H15N3O3. The van der Waals surface area contributed by atoms with Crippen molar-refractivity contribution in [2.24, 2.45) is 0 Å². The lowest BCUT2D eigenvalue weighted by Crippen LogP contribution is -2.22. The highest BCUT2D eigenvalue weighted by Crippen LogP contribution is 2.24. The third-order valence-corrected chi connectivity index (χ3v) is 3.02. The Morgan fingerprint density at radius 1 is 1.19 bits per heavy atom. The Bertz CT molecular complexity index is 656. The molecule has 0 saturated heterocycles. The summed E-state index contributed by atoms with van der Waals surface area (Å²) in [5.74, 6) is -0.343. The van der Waals surface area contributed by atoms with Gasteiger partial charge in [0.2, 0.25) is 0 Å². The molecule has 2 aromatic carbocycles. The molecule has 6 heteroatoms. The van der Waals surface area contributed by atoms with E-state index in [0.29, 0.717) is 12.2 Å². The summed E-state index contributed by atoms with van der Waals surface area (Å²) >= 11 is 0. The second-order valence-corrected chi connectivity index (χ2v) is 4.41. The molecule has 21 heavy (non-hydrogen) atoms. The van der Waals surface area contributed by atoms with Gasteiger partial charge in [-0.3, -0.25) is 14.9 Å². The maximum Gasteiger partial charge on any atom is 0.293 e. The van der Waals surface area contributed by atoms with E-state index >= 15 is 0 Å². The van der Waals surface area contributed by atoms with Gasteiger partial charge >= 0.3 is 0 Å². The van der Waals surface area contributed by atoms with Gasteiger partial charge in [0.15, 0.2) is 0 Å². The van der Waals surface area contributed by atoms with Gasteiger partial charge in [-0.2, -0.15) is 0 Å². The highest BCUT2D eigenvalue weighted by Gasteiger charge is 2.16. The van der Waals surface area contributed by atoms with E-state index in [9.17, 15) is 14.9 Å². The second-order valence-electron chi connectivity index (χ2n) is 4.41. The zero-order valence-electron chi connectivity index (χ0n) is 11.5. The Hall–Kier alpha value is -2.89. The number of nitro benzene ring substituents is 1. The number of hydrogen-bond donors (Lipinski definition) is 2. The van der Waals surface area contributed by atoms with Crippen molar-refractivity contribution in [1.29, 1.82) is 0 Å². The van der Waals surface area contributed by atoms with Crippen LogP contribution >= 0.6 is 0 Å². The molecule has 2 rings (SSSR count). The van der Waals surface area contributed by atoms with Crippen LogP contribution in [0.15, 0.2) is 48.5 Å². The van der Waals surface area contributed by atoms with Crippen molar-refractivity contribution in [3.05, 3.63) is 69.8 Å². The maximum absolute atomic E-state index is 12.0. The molecule has 0 unspecified atom stereocenters. The van der Waals surface area contributed by atoms with E-state index in [-0.39, 0.29) is 17.2 Å². The topological polar surface area (TPSA) is 84.3 Å². The predicted molar refractivity (Wildman–Crippen MR) is 80.3 cm³/mol. The van der Waals surface area contributed by atoms with Crippen LogP contribution in [0.25, 0.3) is 0 Å². The summed E-state index contributed by atoms with van der Waals surface area (Å²) in [6.45, 7) is 0.376. The highest BCUT2D eigenvalue weighted by atomic mass is 16.6. The Labute approximate surface area is 121 Å². The number of rotatable bonds is 5. The SMILES string of the molecule is CNc1ccc(C(=O)NCc2ccccc2)cc1[N+](=O)[O-]. The van der Waals surface area contributed by atoms with Crippen LogP contribution in [0, 0.1) is 10.1 Å². The molecule has 6 nitrogen and oxygen atoms in total. The number of nitrogens with one attached hydrogen (secondary N) is 2. The fourth-order valence-corrected chi connectivity index (χ4v) is 1.92. The first kappa shape index (κ1) is 14.5. The van der Waals surface area contributed by atoms with E-state index in [0.717, 1.165) is 5.56 Å². The molecule has 0 radical (unpaired) electrons. The first-order valence-electron chi connectivity index (χ1n) is 6.40. The minimum absolute atomic E-state index is 0.120. The van der Waals surface area contributed by atoms with Crippen LogP contribution in [0.5, 0.6) is 0 Å². The first-order chi connectivity index (χ1) is 10.1.